The maximum absolute atomic E-state index is 14.1. The molecule has 2 aromatic rings. The fourth-order valence-electron chi connectivity index (χ4n) is 1.85. The zero-order valence-electron chi connectivity index (χ0n) is 12.6. The van der Waals surface area contributed by atoms with Crippen molar-refractivity contribution >= 4 is 11.3 Å². The van der Waals surface area contributed by atoms with Crippen LogP contribution in [0.1, 0.15) is 31.3 Å². The standard InChI is InChI=1S/C15H19F2N3S/c1-9-5-6-10(16)12(13(9)17)14-20-19-11(21-14)7-8-18-15(2,3)4/h5-6,18H,7-8H2,1-4H3. The molecule has 114 valence electrons. The summed E-state index contributed by atoms with van der Waals surface area (Å²) in [4.78, 5) is 0. The number of aromatic nitrogens is 2. The van der Waals surface area contributed by atoms with E-state index in [-0.39, 0.29) is 11.1 Å². The van der Waals surface area contributed by atoms with Crippen LogP contribution in [0, 0.1) is 18.6 Å². The first kappa shape index (κ1) is 16.0. The van der Waals surface area contributed by atoms with Crippen LogP contribution in [0.25, 0.3) is 10.6 Å². The second-order valence-electron chi connectivity index (χ2n) is 5.98. The zero-order valence-corrected chi connectivity index (χ0v) is 13.4. The molecule has 0 spiro atoms. The van der Waals surface area contributed by atoms with Crippen molar-refractivity contribution in [2.75, 3.05) is 6.54 Å². The van der Waals surface area contributed by atoms with Gasteiger partial charge >= 0.3 is 0 Å². The van der Waals surface area contributed by atoms with Crippen LogP contribution in [0.2, 0.25) is 0 Å². The summed E-state index contributed by atoms with van der Waals surface area (Å²) < 4.78 is 27.9. The lowest BCUT2D eigenvalue weighted by Crippen LogP contribution is -2.37. The SMILES string of the molecule is Cc1ccc(F)c(-c2nnc(CCNC(C)(C)C)s2)c1F. The van der Waals surface area contributed by atoms with Crippen LogP contribution in [-0.2, 0) is 6.42 Å². The molecule has 0 bridgehead atoms. The van der Waals surface area contributed by atoms with Crippen LogP contribution in [0.5, 0.6) is 0 Å². The fraction of sp³-hybridized carbons (Fsp3) is 0.467. The Kier molecular flexibility index (Phi) is 4.68. The largest absolute Gasteiger partial charge is 0.312 e. The minimum atomic E-state index is -0.603. The molecule has 1 N–H and O–H groups in total. The molecule has 0 saturated heterocycles. The third-order valence-electron chi connectivity index (χ3n) is 2.96. The highest BCUT2D eigenvalue weighted by molar-refractivity contribution is 7.14. The summed E-state index contributed by atoms with van der Waals surface area (Å²) in [6, 6.07) is 2.68. The van der Waals surface area contributed by atoms with E-state index < -0.39 is 11.6 Å². The molecule has 1 heterocycles. The van der Waals surface area contributed by atoms with Crippen molar-refractivity contribution in [2.45, 2.75) is 39.7 Å². The van der Waals surface area contributed by atoms with E-state index in [9.17, 15) is 8.78 Å². The Morgan fingerprint density at radius 1 is 1.19 bits per heavy atom. The lowest BCUT2D eigenvalue weighted by atomic mass is 10.1. The van der Waals surface area contributed by atoms with Crippen LogP contribution in [0.3, 0.4) is 0 Å². The Labute approximate surface area is 127 Å². The van der Waals surface area contributed by atoms with E-state index >= 15 is 0 Å². The molecular weight excluding hydrogens is 292 g/mol. The summed E-state index contributed by atoms with van der Waals surface area (Å²) in [7, 11) is 0. The van der Waals surface area contributed by atoms with Crippen LogP contribution in [0.15, 0.2) is 12.1 Å². The van der Waals surface area contributed by atoms with Gasteiger partial charge in [-0.25, -0.2) is 8.78 Å². The van der Waals surface area contributed by atoms with Crippen LogP contribution in [0.4, 0.5) is 8.78 Å². The highest BCUT2D eigenvalue weighted by Crippen LogP contribution is 2.30. The van der Waals surface area contributed by atoms with Crippen molar-refractivity contribution in [1.82, 2.24) is 15.5 Å². The average Bonchev–Trinajstić information content (AvgIpc) is 2.81. The second kappa shape index (κ2) is 6.15. The topological polar surface area (TPSA) is 37.8 Å². The van der Waals surface area contributed by atoms with Gasteiger partial charge in [0, 0.05) is 18.5 Å². The Morgan fingerprint density at radius 2 is 1.90 bits per heavy atom. The van der Waals surface area contributed by atoms with Gasteiger partial charge in [0.2, 0.25) is 0 Å². The van der Waals surface area contributed by atoms with E-state index in [0.29, 0.717) is 17.0 Å². The van der Waals surface area contributed by atoms with E-state index in [2.05, 4.69) is 36.3 Å². The predicted molar refractivity (Wildman–Crippen MR) is 81.5 cm³/mol. The predicted octanol–water partition coefficient (Wildman–Crippen LogP) is 3.72. The molecule has 1 aromatic heterocycles. The van der Waals surface area contributed by atoms with Crippen LogP contribution in [-0.4, -0.2) is 22.3 Å². The highest BCUT2D eigenvalue weighted by atomic mass is 32.1. The Hall–Kier alpha value is -1.40. The lowest BCUT2D eigenvalue weighted by molar-refractivity contribution is 0.429. The maximum Gasteiger partial charge on any atom is 0.153 e. The second-order valence-corrected chi connectivity index (χ2v) is 7.04. The maximum atomic E-state index is 14.1. The molecule has 0 unspecified atom stereocenters. The third kappa shape index (κ3) is 4.04. The molecule has 0 aliphatic carbocycles. The van der Waals surface area contributed by atoms with Gasteiger partial charge in [0.25, 0.3) is 0 Å². The van der Waals surface area contributed by atoms with Gasteiger partial charge in [-0.15, -0.1) is 10.2 Å². The van der Waals surface area contributed by atoms with E-state index in [1.165, 1.54) is 23.5 Å². The average molecular weight is 311 g/mol. The lowest BCUT2D eigenvalue weighted by Gasteiger charge is -2.19. The van der Waals surface area contributed by atoms with E-state index in [1.807, 2.05) is 0 Å². The van der Waals surface area contributed by atoms with Gasteiger partial charge in [-0.3, -0.25) is 0 Å². The molecule has 0 fully saturated rings. The van der Waals surface area contributed by atoms with Crippen molar-refractivity contribution in [2.24, 2.45) is 0 Å². The van der Waals surface area contributed by atoms with E-state index in [1.54, 1.807) is 6.92 Å². The summed E-state index contributed by atoms with van der Waals surface area (Å²) in [6.45, 7) is 8.59. The van der Waals surface area contributed by atoms with Gasteiger partial charge in [-0.2, -0.15) is 0 Å². The number of hydrogen-bond donors (Lipinski definition) is 1. The van der Waals surface area contributed by atoms with Gasteiger partial charge in [0.15, 0.2) is 5.01 Å². The van der Waals surface area contributed by atoms with Gasteiger partial charge in [0.1, 0.15) is 16.6 Å². The first-order valence-corrected chi connectivity index (χ1v) is 7.62. The molecule has 2 rings (SSSR count). The molecule has 1 aromatic carbocycles. The summed E-state index contributed by atoms with van der Waals surface area (Å²) >= 11 is 1.23. The Morgan fingerprint density at radius 3 is 2.57 bits per heavy atom. The third-order valence-corrected chi connectivity index (χ3v) is 3.96. The van der Waals surface area contributed by atoms with Crippen molar-refractivity contribution in [1.29, 1.82) is 0 Å². The summed E-state index contributed by atoms with van der Waals surface area (Å²) in [6.07, 6.45) is 0.685. The van der Waals surface area contributed by atoms with Gasteiger partial charge in [0.05, 0.1) is 5.56 Å². The van der Waals surface area contributed by atoms with Crippen LogP contribution >= 0.6 is 11.3 Å². The number of halogens is 2. The van der Waals surface area contributed by atoms with Crippen LogP contribution < -0.4 is 5.32 Å². The van der Waals surface area contributed by atoms with Gasteiger partial charge in [-0.1, -0.05) is 17.4 Å². The monoisotopic (exact) mass is 311 g/mol. The molecule has 0 amide bonds. The molecular formula is C15H19F2N3S. The summed E-state index contributed by atoms with van der Waals surface area (Å²) in [5.74, 6) is -1.17. The van der Waals surface area contributed by atoms with E-state index in [0.717, 1.165) is 11.6 Å². The molecule has 0 radical (unpaired) electrons. The molecule has 0 aliphatic heterocycles. The number of aryl methyl sites for hydroxylation is 1. The minimum absolute atomic E-state index is 0.0300. The smallest absolute Gasteiger partial charge is 0.153 e. The number of nitrogens with zero attached hydrogens (tertiary/aromatic N) is 2. The van der Waals surface area contributed by atoms with Crippen molar-refractivity contribution in [3.8, 4) is 10.6 Å². The minimum Gasteiger partial charge on any atom is -0.312 e. The van der Waals surface area contributed by atoms with E-state index in [4.69, 9.17) is 0 Å². The quantitative estimate of drug-likeness (QED) is 0.935. The molecule has 6 heteroatoms. The summed E-state index contributed by atoms with van der Waals surface area (Å²) in [5, 5.41) is 12.3. The molecule has 0 atom stereocenters. The van der Waals surface area contributed by atoms with Crippen molar-refractivity contribution < 1.29 is 8.78 Å². The highest BCUT2D eigenvalue weighted by Gasteiger charge is 2.18. The number of rotatable bonds is 4. The van der Waals surface area contributed by atoms with Gasteiger partial charge < -0.3 is 5.32 Å². The number of benzene rings is 1. The molecule has 0 aliphatic rings. The summed E-state index contributed by atoms with van der Waals surface area (Å²) in [5.41, 5.74) is 0.350. The number of nitrogens with one attached hydrogen (secondary N) is 1. The molecule has 3 nitrogen and oxygen atoms in total. The molecule has 0 saturated carbocycles. The Balaban J connectivity index is 2.15. The van der Waals surface area contributed by atoms with Crippen molar-refractivity contribution in [3.05, 3.63) is 34.3 Å². The fourth-order valence-corrected chi connectivity index (χ4v) is 2.73. The molecule has 21 heavy (non-hydrogen) atoms. The first-order chi connectivity index (χ1) is 9.78. The van der Waals surface area contributed by atoms with Crippen molar-refractivity contribution in [3.63, 3.8) is 0 Å². The normalized spacial score (nSPS) is 11.9. The zero-order chi connectivity index (χ0) is 15.6. The number of hydrogen-bond acceptors (Lipinski definition) is 4. The van der Waals surface area contributed by atoms with Gasteiger partial charge in [-0.05, 0) is 39.3 Å². The Bertz CT molecular complexity index is 632. The first-order valence-electron chi connectivity index (χ1n) is 6.80.